The maximum absolute atomic E-state index is 12.8. The zero-order chi connectivity index (χ0) is 20.4. The Morgan fingerprint density at radius 1 is 1.31 bits per heavy atom. The highest BCUT2D eigenvalue weighted by Gasteiger charge is 2.31. The number of rotatable bonds is 5. The molecule has 0 spiro atoms. The monoisotopic (exact) mass is 393 g/mol. The van der Waals surface area contributed by atoms with Crippen LogP contribution in [0, 0.1) is 13.8 Å². The third-order valence-corrected chi connectivity index (χ3v) is 5.52. The lowest BCUT2D eigenvalue weighted by atomic mass is 10.1. The lowest BCUT2D eigenvalue weighted by Gasteiger charge is -2.19. The molecule has 1 aromatic carbocycles. The number of likely N-dealkylation sites (tertiary alicyclic amines) is 1. The van der Waals surface area contributed by atoms with Gasteiger partial charge >= 0.3 is 6.03 Å². The number of aryl methyl sites for hydroxylation is 2. The number of carbonyl (C=O) groups is 1. The zero-order valence-corrected chi connectivity index (χ0v) is 17.2. The molecule has 1 N–H and O–H groups in total. The highest BCUT2D eigenvalue weighted by Crippen LogP contribution is 2.29. The van der Waals surface area contributed by atoms with Crippen LogP contribution in [0.5, 0.6) is 0 Å². The molecule has 3 heterocycles. The summed E-state index contributed by atoms with van der Waals surface area (Å²) in [5.74, 6) is 1.17. The van der Waals surface area contributed by atoms with Crippen molar-refractivity contribution < 1.29 is 9.53 Å². The number of urea groups is 1. The van der Waals surface area contributed by atoms with Gasteiger partial charge < -0.3 is 19.5 Å². The van der Waals surface area contributed by atoms with Gasteiger partial charge in [-0.3, -0.25) is 0 Å². The standard InChI is InChI=1S/C22H27N5O2/c1-15-6-7-18(16(2)13-15)25-22(28)26-10-8-17(14-26)20-24-19-5-4-9-23-21(19)27(20)11-12-29-3/h4-7,9,13,17H,8,10-12,14H2,1-3H3,(H,25,28)/t17-/m1/s1. The Labute approximate surface area is 170 Å². The third kappa shape index (κ3) is 3.96. The van der Waals surface area contributed by atoms with Crippen molar-refractivity contribution in [1.82, 2.24) is 19.4 Å². The SMILES string of the molecule is COCCn1c([C@@H]2CCN(C(=O)Nc3ccc(C)cc3C)C2)nc2cccnc21. The van der Waals surface area contributed by atoms with E-state index in [4.69, 9.17) is 9.72 Å². The van der Waals surface area contributed by atoms with Gasteiger partial charge in [-0.2, -0.15) is 0 Å². The lowest BCUT2D eigenvalue weighted by Crippen LogP contribution is -2.33. The van der Waals surface area contributed by atoms with Gasteiger partial charge in [0.05, 0.1) is 6.61 Å². The number of anilines is 1. The van der Waals surface area contributed by atoms with Crippen molar-refractivity contribution >= 4 is 22.9 Å². The number of nitrogens with zero attached hydrogens (tertiary/aromatic N) is 4. The summed E-state index contributed by atoms with van der Waals surface area (Å²) >= 11 is 0. The van der Waals surface area contributed by atoms with E-state index in [0.29, 0.717) is 26.2 Å². The number of hydrogen-bond acceptors (Lipinski definition) is 4. The molecule has 152 valence electrons. The van der Waals surface area contributed by atoms with Crippen molar-refractivity contribution in [3.8, 4) is 0 Å². The molecule has 1 aliphatic heterocycles. The summed E-state index contributed by atoms with van der Waals surface area (Å²) in [6.07, 6.45) is 2.67. The van der Waals surface area contributed by atoms with Gasteiger partial charge in [-0.15, -0.1) is 0 Å². The number of nitrogens with one attached hydrogen (secondary N) is 1. The number of amides is 2. The first-order valence-electron chi connectivity index (χ1n) is 10.00. The molecular weight excluding hydrogens is 366 g/mol. The van der Waals surface area contributed by atoms with Gasteiger partial charge in [0.1, 0.15) is 11.3 Å². The Bertz CT molecular complexity index is 1030. The number of pyridine rings is 1. The second kappa shape index (κ2) is 8.21. The van der Waals surface area contributed by atoms with E-state index in [9.17, 15) is 4.79 Å². The number of benzene rings is 1. The number of aromatic nitrogens is 3. The van der Waals surface area contributed by atoms with E-state index in [1.54, 1.807) is 13.3 Å². The summed E-state index contributed by atoms with van der Waals surface area (Å²) in [7, 11) is 1.70. The van der Waals surface area contributed by atoms with Crippen LogP contribution in [0.1, 0.15) is 29.3 Å². The predicted molar refractivity (Wildman–Crippen MR) is 113 cm³/mol. The maximum Gasteiger partial charge on any atom is 0.321 e. The average molecular weight is 393 g/mol. The number of ether oxygens (including phenoxy) is 1. The smallest absolute Gasteiger partial charge is 0.321 e. The van der Waals surface area contributed by atoms with Gasteiger partial charge in [-0.25, -0.2) is 14.8 Å². The Morgan fingerprint density at radius 2 is 2.17 bits per heavy atom. The Balaban J connectivity index is 1.51. The van der Waals surface area contributed by atoms with Crippen molar-refractivity contribution in [2.75, 3.05) is 32.1 Å². The largest absolute Gasteiger partial charge is 0.383 e. The molecule has 1 fully saturated rings. The van der Waals surface area contributed by atoms with E-state index in [2.05, 4.69) is 20.9 Å². The molecule has 0 saturated carbocycles. The molecule has 1 atom stereocenters. The highest BCUT2D eigenvalue weighted by atomic mass is 16.5. The van der Waals surface area contributed by atoms with Gasteiger partial charge in [0.25, 0.3) is 0 Å². The molecule has 1 saturated heterocycles. The molecule has 1 aliphatic rings. The number of methoxy groups -OCH3 is 1. The molecule has 0 radical (unpaired) electrons. The summed E-state index contributed by atoms with van der Waals surface area (Å²) in [6, 6.07) is 9.88. The first-order valence-corrected chi connectivity index (χ1v) is 10.00. The summed E-state index contributed by atoms with van der Waals surface area (Å²) in [4.78, 5) is 24.0. The summed E-state index contributed by atoms with van der Waals surface area (Å²) in [5, 5.41) is 3.05. The first-order chi connectivity index (χ1) is 14.1. The van der Waals surface area contributed by atoms with Gasteiger partial charge in [-0.1, -0.05) is 17.7 Å². The Hall–Kier alpha value is -2.93. The number of carbonyl (C=O) groups excluding carboxylic acids is 1. The fourth-order valence-electron chi connectivity index (χ4n) is 3.99. The van der Waals surface area contributed by atoms with E-state index in [-0.39, 0.29) is 11.9 Å². The van der Waals surface area contributed by atoms with Crippen molar-refractivity contribution in [2.45, 2.75) is 32.7 Å². The van der Waals surface area contributed by atoms with E-state index >= 15 is 0 Å². The zero-order valence-electron chi connectivity index (χ0n) is 17.2. The lowest BCUT2D eigenvalue weighted by molar-refractivity contribution is 0.186. The van der Waals surface area contributed by atoms with Crippen molar-refractivity contribution in [3.05, 3.63) is 53.5 Å². The quantitative estimate of drug-likeness (QED) is 0.717. The molecule has 2 amide bonds. The molecule has 0 bridgehead atoms. The van der Waals surface area contributed by atoms with E-state index in [1.165, 1.54) is 5.56 Å². The molecule has 29 heavy (non-hydrogen) atoms. The van der Waals surface area contributed by atoms with Gasteiger partial charge in [0.15, 0.2) is 5.65 Å². The molecule has 0 unspecified atom stereocenters. The number of hydrogen-bond donors (Lipinski definition) is 1. The van der Waals surface area contributed by atoms with Gasteiger partial charge in [0, 0.05) is 44.5 Å². The Kier molecular flexibility index (Phi) is 5.49. The fourth-order valence-corrected chi connectivity index (χ4v) is 3.99. The van der Waals surface area contributed by atoms with Crippen molar-refractivity contribution in [2.24, 2.45) is 0 Å². The first kappa shape index (κ1) is 19.4. The summed E-state index contributed by atoms with van der Waals surface area (Å²) in [5.41, 5.74) is 4.88. The second-order valence-corrected chi connectivity index (χ2v) is 7.64. The fraction of sp³-hybridized carbons (Fsp3) is 0.409. The Morgan fingerprint density at radius 3 is 2.97 bits per heavy atom. The maximum atomic E-state index is 12.8. The topological polar surface area (TPSA) is 72.3 Å². The predicted octanol–water partition coefficient (Wildman–Crippen LogP) is 3.72. The van der Waals surface area contributed by atoms with Gasteiger partial charge in [0.2, 0.25) is 0 Å². The van der Waals surface area contributed by atoms with Crippen LogP contribution in [0.25, 0.3) is 11.2 Å². The van der Waals surface area contributed by atoms with Crippen LogP contribution in [0.15, 0.2) is 36.5 Å². The molecule has 2 aromatic heterocycles. The molecular formula is C22H27N5O2. The van der Waals surface area contributed by atoms with Crippen LogP contribution in [0.4, 0.5) is 10.5 Å². The minimum absolute atomic E-state index is 0.0582. The van der Waals surface area contributed by atoms with Crippen LogP contribution in [-0.2, 0) is 11.3 Å². The second-order valence-electron chi connectivity index (χ2n) is 7.64. The summed E-state index contributed by atoms with van der Waals surface area (Å²) < 4.78 is 7.41. The van der Waals surface area contributed by atoms with Gasteiger partial charge in [-0.05, 0) is 44.0 Å². The molecule has 3 aromatic rings. The van der Waals surface area contributed by atoms with E-state index < -0.39 is 0 Å². The average Bonchev–Trinajstić information content (AvgIpc) is 3.33. The van der Waals surface area contributed by atoms with Crippen LogP contribution >= 0.6 is 0 Å². The number of fused-ring (bicyclic) bond motifs is 1. The molecule has 0 aliphatic carbocycles. The van der Waals surface area contributed by atoms with E-state index in [1.807, 2.05) is 43.0 Å². The van der Waals surface area contributed by atoms with Crippen molar-refractivity contribution in [1.29, 1.82) is 0 Å². The highest BCUT2D eigenvalue weighted by molar-refractivity contribution is 5.90. The molecule has 7 nitrogen and oxygen atoms in total. The minimum atomic E-state index is -0.0582. The van der Waals surface area contributed by atoms with Crippen LogP contribution < -0.4 is 5.32 Å². The van der Waals surface area contributed by atoms with Crippen LogP contribution in [-0.4, -0.2) is 52.3 Å². The third-order valence-electron chi connectivity index (χ3n) is 5.52. The van der Waals surface area contributed by atoms with Crippen LogP contribution in [0.2, 0.25) is 0 Å². The number of imidazole rings is 1. The van der Waals surface area contributed by atoms with E-state index in [0.717, 1.165) is 34.7 Å². The van der Waals surface area contributed by atoms with Crippen molar-refractivity contribution in [3.63, 3.8) is 0 Å². The van der Waals surface area contributed by atoms with Crippen LogP contribution in [0.3, 0.4) is 0 Å². The molecule has 7 heteroatoms. The summed E-state index contributed by atoms with van der Waals surface area (Å²) in [6.45, 7) is 6.72. The molecule has 4 rings (SSSR count). The normalized spacial score (nSPS) is 16.5. The minimum Gasteiger partial charge on any atom is -0.383 e.